The lowest BCUT2D eigenvalue weighted by Crippen LogP contribution is -2.53. The van der Waals surface area contributed by atoms with Crippen LogP contribution in [0.15, 0.2) is 48.5 Å². The van der Waals surface area contributed by atoms with Crippen molar-refractivity contribution in [2.24, 2.45) is 0 Å². The summed E-state index contributed by atoms with van der Waals surface area (Å²) in [5.74, 6) is 0.0427. The van der Waals surface area contributed by atoms with Crippen molar-refractivity contribution >= 4 is 16.8 Å². The number of fused-ring (bicyclic) bond motifs is 2. The smallest absolute Gasteiger partial charge is 0.275 e. The number of aromatic amines is 1. The highest BCUT2D eigenvalue weighted by atomic mass is 16.2. The third-order valence-corrected chi connectivity index (χ3v) is 6.11. The van der Waals surface area contributed by atoms with E-state index in [2.05, 4.69) is 39.4 Å². The molecule has 1 amide bonds. The lowest BCUT2D eigenvalue weighted by atomic mass is 9.87. The lowest BCUT2D eigenvalue weighted by Gasteiger charge is -2.41. The standard InChI is InChI=1S/C22H24N4O/c27-22(21-19-7-3-4-8-20(19)23-24-21)26-13-11-25(12-14-26)18-10-9-16-5-1-2-6-17(16)15-18/h1-8,18H,9-15H2,(H,23,24). The zero-order valence-corrected chi connectivity index (χ0v) is 15.4. The summed E-state index contributed by atoms with van der Waals surface area (Å²) in [6.07, 6.45) is 3.52. The summed E-state index contributed by atoms with van der Waals surface area (Å²) in [5.41, 5.74) is 4.47. The van der Waals surface area contributed by atoms with E-state index in [1.807, 2.05) is 29.2 Å². The molecular weight excluding hydrogens is 336 g/mol. The van der Waals surface area contributed by atoms with Crippen LogP contribution in [-0.4, -0.2) is 58.1 Å². The van der Waals surface area contributed by atoms with Gasteiger partial charge in [0.15, 0.2) is 5.69 Å². The van der Waals surface area contributed by atoms with Crippen LogP contribution in [-0.2, 0) is 12.8 Å². The molecule has 5 heteroatoms. The van der Waals surface area contributed by atoms with Gasteiger partial charge in [0.05, 0.1) is 5.52 Å². The van der Waals surface area contributed by atoms with E-state index in [0.717, 1.165) is 43.5 Å². The number of aromatic nitrogens is 2. The topological polar surface area (TPSA) is 52.2 Å². The van der Waals surface area contributed by atoms with Crippen LogP contribution in [0.3, 0.4) is 0 Å². The number of carbonyl (C=O) groups excluding carboxylic acids is 1. The monoisotopic (exact) mass is 360 g/mol. The summed E-state index contributed by atoms with van der Waals surface area (Å²) < 4.78 is 0. The maximum Gasteiger partial charge on any atom is 0.275 e. The molecule has 0 spiro atoms. The van der Waals surface area contributed by atoms with E-state index in [1.165, 1.54) is 24.0 Å². The number of piperazine rings is 1. The second-order valence-corrected chi connectivity index (χ2v) is 7.61. The molecule has 1 aliphatic carbocycles. The number of nitrogens with zero attached hydrogens (tertiary/aromatic N) is 3. The lowest BCUT2D eigenvalue weighted by molar-refractivity contribution is 0.0549. The summed E-state index contributed by atoms with van der Waals surface area (Å²) in [6.45, 7) is 3.44. The summed E-state index contributed by atoms with van der Waals surface area (Å²) in [4.78, 5) is 17.5. The van der Waals surface area contributed by atoms with Crippen LogP contribution in [0.2, 0.25) is 0 Å². The van der Waals surface area contributed by atoms with Gasteiger partial charge in [-0.15, -0.1) is 0 Å². The fourth-order valence-corrected chi connectivity index (χ4v) is 4.56. The molecule has 1 saturated heterocycles. The van der Waals surface area contributed by atoms with Gasteiger partial charge in [-0.25, -0.2) is 0 Å². The fraction of sp³-hybridized carbons (Fsp3) is 0.364. The van der Waals surface area contributed by atoms with Gasteiger partial charge in [-0.2, -0.15) is 5.10 Å². The van der Waals surface area contributed by atoms with Crippen LogP contribution >= 0.6 is 0 Å². The van der Waals surface area contributed by atoms with Crippen molar-refractivity contribution in [2.75, 3.05) is 26.2 Å². The molecule has 2 heterocycles. The van der Waals surface area contributed by atoms with Crippen LogP contribution in [0.25, 0.3) is 10.9 Å². The second kappa shape index (κ2) is 6.82. The van der Waals surface area contributed by atoms with Gasteiger partial charge >= 0.3 is 0 Å². The highest BCUT2D eigenvalue weighted by molar-refractivity contribution is 6.04. The van der Waals surface area contributed by atoms with E-state index in [1.54, 1.807) is 0 Å². The predicted molar refractivity (Wildman–Crippen MR) is 106 cm³/mol. The summed E-state index contributed by atoms with van der Waals surface area (Å²) in [7, 11) is 0. The van der Waals surface area contributed by atoms with Crippen LogP contribution in [0.1, 0.15) is 28.0 Å². The molecule has 0 radical (unpaired) electrons. The SMILES string of the molecule is O=C(c1n[nH]c2ccccc12)N1CCN(C2CCc3ccccc3C2)CC1. The van der Waals surface area contributed by atoms with Gasteiger partial charge in [0.25, 0.3) is 5.91 Å². The maximum atomic E-state index is 12.9. The Hall–Kier alpha value is -2.66. The van der Waals surface area contributed by atoms with Crippen molar-refractivity contribution in [1.29, 1.82) is 0 Å². The van der Waals surface area contributed by atoms with Crippen molar-refractivity contribution in [1.82, 2.24) is 20.0 Å². The Morgan fingerprint density at radius 3 is 2.56 bits per heavy atom. The van der Waals surface area contributed by atoms with Crippen molar-refractivity contribution in [3.8, 4) is 0 Å². The number of aryl methyl sites for hydroxylation is 1. The van der Waals surface area contributed by atoms with Gasteiger partial charge in [-0.3, -0.25) is 14.8 Å². The van der Waals surface area contributed by atoms with E-state index in [-0.39, 0.29) is 5.91 Å². The minimum Gasteiger partial charge on any atom is -0.335 e. The van der Waals surface area contributed by atoms with E-state index >= 15 is 0 Å². The average molecular weight is 360 g/mol. The first kappa shape index (κ1) is 16.5. The van der Waals surface area contributed by atoms with E-state index in [9.17, 15) is 4.79 Å². The van der Waals surface area contributed by atoms with Crippen molar-refractivity contribution in [3.63, 3.8) is 0 Å². The maximum absolute atomic E-state index is 12.9. The minimum atomic E-state index is 0.0427. The first-order valence-electron chi connectivity index (χ1n) is 9.83. The molecule has 27 heavy (non-hydrogen) atoms. The summed E-state index contributed by atoms with van der Waals surface area (Å²) >= 11 is 0. The number of H-pyrrole nitrogens is 1. The third-order valence-electron chi connectivity index (χ3n) is 6.11. The zero-order chi connectivity index (χ0) is 18.2. The first-order valence-corrected chi connectivity index (χ1v) is 9.83. The quantitative estimate of drug-likeness (QED) is 0.765. The van der Waals surface area contributed by atoms with Crippen LogP contribution in [0, 0.1) is 0 Å². The molecule has 1 aliphatic heterocycles. The summed E-state index contributed by atoms with van der Waals surface area (Å²) in [6, 6.07) is 17.2. The molecule has 0 bridgehead atoms. The summed E-state index contributed by atoms with van der Waals surface area (Å²) in [5, 5.41) is 8.16. The van der Waals surface area contributed by atoms with Gasteiger partial charge in [-0.1, -0.05) is 42.5 Å². The van der Waals surface area contributed by atoms with Gasteiger partial charge in [-0.05, 0) is 36.5 Å². The number of carbonyl (C=O) groups is 1. The molecule has 2 aromatic carbocycles. The molecule has 1 unspecified atom stereocenters. The van der Waals surface area contributed by atoms with E-state index in [4.69, 9.17) is 0 Å². The largest absolute Gasteiger partial charge is 0.335 e. The van der Waals surface area contributed by atoms with Crippen molar-refractivity contribution in [2.45, 2.75) is 25.3 Å². The number of hydrogen-bond donors (Lipinski definition) is 1. The van der Waals surface area contributed by atoms with Crippen molar-refractivity contribution < 1.29 is 4.79 Å². The van der Waals surface area contributed by atoms with Crippen molar-refractivity contribution in [3.05, 3.63) is 65.4 Å². The Morgan fingerprint density at radius 1 is 0.963 bits per heavy atom. The van der Waals surface area contributed by atoms with Crippen LogP contribution < -0.4 is 0 Å². The first-order chi connectivity index (χ1) is 13.3. The molecule has 5 rings (SSSR count). The number of para-hydroxylation sites is 1. The molecule has 0 saturated carbocycles. The minimum absolute atomic E-state index is 0.0427. The Morgan fingerprint density at radius 2 is 1.70 bits per heavy atom. The Kier molecular flexibility index (Phi) is 4.17. The number of hydrogen-bond acceptors (Lipinski definition) is 3. The molecule has 1 N–H and O–H groups in total. The molecule has 138 valence electrons. The Balaban J connectivity index is 1.25. The van der Waals surface area contributed by atoms with Crippen LogP contribution in [0.5, 0.6) is 0 Å². The number of rotatable bonds is 2. The van der Waals surface area contributed by atoms with Gasteiger partial charge in [0.1, 0.15) is 0 Å². The molecule has 5 nitrogen and oxygen atoms in total. The molecule has 1 atom stereocenters. The number of amides is 1. The van der Waals surface area contributed by atoms with E-state index in [0.29, 0.717) is 11.7 Å². The van der Waals surface area contributed by atoms with Gasteiger partial charge in [0, 0.05) is 37.6 Å². The average Bonchev–Trinajstić information content (AvgIpc) is 3.17. The van der Waals surface area contributed by atoms with Gasteiger partial charge in [0.2, 0.25) is 0 Å². The Bertz CT molecular complexity index is 971. The molecule has 2 aliphatic rings. The second-order valence-electron chi connectivity index (χ2n) is 7.61. The van der Waals surface area contributed by atoms with E-state index < -0.39 is 0 Å². The van der Waals surface area contributed by atoms with Gasteiger partial charge < -0.3 is 4.90 Å². The van der Waals surface area contributed by atoms with Crippen LogP contribution in [0.4, 0.5) is 0 Å². The molecular formula is C22H24N4O. The third kappa shape index (κ3) is 3.02. The highest BCUT2D eigenvalue weighted by Crippen LogP contribution is 2.25. The fourth-order valence-electron chi connectivity index (χ4n) is 4.56. The Labute approximate surface area is 159 Å². The normalized spacial score (nSPS) is 20.6. The predicted octanol–water partition coefficient (Wildman–Crippen LogP) is 2.88. The molecule has 3 aromatic rings. The number of benzene rings is 2. The zero-order valence-electron chi connectivity index (χ0n) is 15.4. The molecule has 1 aromatic heterocycles. The molecule has 1 fully saturated rings. The highest BCUT2D eigenvalue weighted by Gasteiger charge is 2.30. The number of nitrogens with one attached hydrogen (secondary N) is 1.